The maximum absolute atomic E-state index is 14.4. The molecule has 3 aliphatic heterocycles. The van der Waals surface area contributed by atoms with Gasteiger partial charge in [0, 0.05) is 24.1 Å². The minimum atomic E-state index is -0.691. The number of rotatable bonds is 13. The number of hydrogen-bond donors (Lipinski definition) is 2. The average Bonchev–Trinajstić information content (AvgIpc) is 3.64. The molecule has 4 heterocycles. The Kier molecular flexibility index (Phi) is 12.9. The summed E-state index contributed by atoms with van der Waals surface area (Å²) in [6, 6.07) is 27.7. The molecule has 3 fully saturated rings. The van der Waals surface area contributed by atoms with Crippen LogP contribution < -0.4 is 15.5 Å². The summed E-state index contributed by atoms with van der Waals surface area (Å²) in [5, 5.41) is 14.3. The lowest BCUT2D eigenvalue weighted by atomic mass is 9.86. The van der Waals surface area contributed by atoms with E-state index in [9.17, 15) is 19.2 Å². The van der Waals surface area contributed by atoms with E-state index in [1.54, 1.807) is 16.7 Å². The fourth-order valence-corrected chi connectivity index (χ4v) is 9.61. The molecular formula is C43H50N6O5S. The van der Waals surface area contributed by atoms with Crippen molar-refractivity contribution >= 4 is 41.1 Å². The predicted molar refractivity (Wildman–Crippen MR) is 212 cm³/mol. The van der Waals surface area contributed by atoms with Gasteiger partial charge in [-0.2, -0.15) is 0 Å². The standard InChI is InChI=1S/C43H50N6O5S/c50-39(45-35-19-10-11-25-48(42(35)52)34-17-8-3-9-18-34)32(27-30-13-4-1-5-14-30)22-23-33(28-31-15-6-2-7-16-31)40(51)46-36-24-26-55-38-21-12-20-37(49(38)43(36)53)41-47-44-29-54-41/h1-9,13-18,29,32-33,35-38H,10-12,19-28H2,(H,45,50)(H,46,51). The van der Waals surface area contributed by atoms with Crippen molar-refractivity contribution in [2.75, 3.05) is 17.2 Å². The molecule has 3 aromatic carbocycles. The second-order valence-electron chi connectivity index (χ2n) is 14.9. The van der Waals surface area contributed by atoms with Gasteiger partial charge in [0.2, 0.25) is 35.9 Å². The SMILES string of the molecule is O=C(NC1CCCCN(c2ccccc2)C1=O)C(CCC(Cc1ccccc1)C(=O)NC1CCSC2CCCC(c3nnco3)N2C1=O)Cc1ccccc1. The molecular weight excluding hydrogens is 713 g/mol. The fraction of sp³-hybridized carbons (Fsp3) is 0.442. The van der Waals surface area contributed by atoms with Crippen molar-refractivity contribution in [1.29, 1.82) is 0 Å². The topological polar surface area (TPSA) is 138 Å². The van der Waals surface area contributed by atoms with E-state index in [2.05, 4.69) is 20.8 Å². The number of anilines is 1. The summed E-state index contributed by atoms with van der Waals surface area (Å²) in [7, 11) is 0. The summed E-state index contributed by atoms with van der Waals surface area (Å²) in [4.78, 5) is 60.4. The molecule has 11 nitrogen and oxygen atoms in total. The van der Waals surface area contributed by atoms with Gasteiger partial charge in [0.05, 0.1) is 5.37 Å². The minimum absolute atomic E-state index is 0.0162. The summed E-state index contributed by atoms with van der Waals surface area (Å²) in [5.74, 6) is -0.413. The Morgan fingerprint density at radius 3 is 1.93 bits per heavy atom. The minimum Gasteiger partial charge on any atom is -0.426 e. The van der Waals surface area contributed by atoms with Crippen molar-refractivity contribution in [3.05, 3.63) is 114 Å². The summed E-state index contributed by atoms with van der Waals surface area (Å²) in [6.45, 7) is 0.608. The Morgan fingerprint density at radius 1 is 0.727 bits per heavy atom. The van der Waals surface area contributed by atoms with Crippen molar-refractivity contribution < 1.29 is 23.6 Å². The smallest absolute Gasteiger partial charge is 0.249 e. The lowest BCUT2D eigenvalue weighted by Crippen LogP contribution is -2.53. The first-order chi connectivity index (χ1) is 26.9. The number of benzene rings is 3. The molecule has 0 saturated carbocycles. The maximum Gasteiger partial charge on any atom is 0.249 e. The molecule has 6 unspecified atom stereocenters. The fourth-order valence-electron chi connectivity index (χ4n) is 8.22. The van der Waals surface area contributed by atoms with Gasteiger partial charge in [-0.15, -0.1) is 22.0 Å². The van der Waals surface area contributed by atoms with Crippen LogP contribution in [-0.4, -0.2) is 68.5 Å². The molecule has 6 atom stereocenters. The van der Waals surface area contributed by atoms with Crippen molar-refractivity contribution in [1.82, 2.24) is 25.7 Å². The van der Waals surface area contributed by atoms with E-state index in [4.69, 9.17) is 4.42 Å². The van der Waals surface area contributed by atoms with Crippen molar-refractivity contribution in [2.45, 2.75) is 94.1 Å². The number of carbonyl (C=O) groups is 4. The van der Waals surface area contributed by atoms with E-state index in [1.807, 2.05) is 95.9 Å². The van der Waals surface area contributed by atoms with Crippen LogP contribution in [0.25, 0.3) is 0 Å². The van der Waals surface area contributed by atoms with Crippen LogP contribution in [0.15, 0.2) is 102 Å². The molecule has 288 valence electrons. The number of nitrogens with one attached hydrogen (secondary N) is 2. The second-order valence-corrected chi connectivity index (χ2v) is 16.2. The maximum atomic E-state index is 14.4. The van der Waals surface area contributed by atoms with Crippen LogP contribution in [0.5, 0.6) is 0 Å². The van der Waals surface area contributed by atoms with Gasteiger partial charge in [0.15, 0.2) is 0 Å². The molecule has 1 aromatic heterocycles. The van der Waals surface area contributed by atoms with Crippen LogP contribution in [0.3, 0.4) is 0 Å². The molecule has 2 N–H and O–H groups in total. The lowest BCUT2D eigenvalue weighted by molar-refractivity contribution is -0.141. The molecule has 3 aliphatic rings. The van der Waals surface area contributed by atoms with Gasteiger partial charge in [-0.05, 0) is 99.6 Å². The number of piperidine rings is 1. The molecule has 0 spiro atoms. The number of hydrogen-bond acceptors (Lipinski definition) is 8. The normalized spacial score (nSPS) is 22.8. The third kappa shape index (κ3) is 9.65. The van der Waals surface area contributed by atoms with Crippen LogP contribution in [0.1, 0.15) is 80.8 Å². The Bertz CT molecular complexity index is 1860. The van der Waals surface area contributed by atoms with Crippen LogP contribution in [0.4, 0.5) is 5.69 Å². The Labute approximate surface area is 327 Å². The Hall–Kier alpha value is -4.97. The van der Waals surface area contributed by atoms with Crippen LogP contribution in [-0.2, 0) is 32.0 Å². The van der Waals surface area contributed by atoms with E-state index in [0.717, 1.165) is 54.7 Å². The number of carbonyl (C=O) groups excluding carboxylic acids is 4. The highest BCUT2D eigenvalue weighted by Gasteiger charge is 2.43. The first-order valence-corrected chi connectivity index (χ1v) is 20.7. The Balaban J connectivity index is 1.08. The molecule has 0 bridgehead atoms. The number of nitrogens with zero attached hydrogens (tertiary/aromatic N) is 4. The molecule has 7 rings (SSSR count). The molecule has 3 saturated heterocycles. The van der Waals surface area contributed by atoms with Crippen molar-refractivity contribution in [3.63, 3.8) is 0 Å². The second kappa shape index (κ2) is 18.6. The molecule has 4 aromatic rings. The summed E-state index contributed by atoms with van der Waals surface area (Å²) in [6.07, 6.45) is 8.41. The highest BCUT2D eigenvalue weighted by molar-refractivity contribution is 7.99. The monoisotopic (exact) mass is 762 g/mol. The zero-order valence-corrected chi connectivity index (χ0v) is 31.9. The molecule has 0 radical (unpaired) electrons. The summed E-state index contributed by atoms with van der Waals surface area (Å²) >= 11 is 1.74. The van der Waals surface area contributed by atoms with E-state index in [1.165, 1.54) is 6.39 Å². The molecule has 55 heavy (non-hydrogen) atoms. The Morgan fingerprint density at radius 2 is 1.33 bits per heavy atom. The molecule has 0 aliphatic carbocycles. The summed E-state index contributed by atoms with van der Waals surface area (Å²) < 4.78 is 5.57. The zero-order valence-electron chi connectivity index (χ0n) is 31.1. The predicted octanol–water partition coefficient (Wildman–Crippen LogP) is 6.27. The number of amides is 4. The van der Waals surface area contributed by atoms with Gasteiger partial charge in [-0.25, -0.2) is 0 Å². The lowest BCUT2D eigenvalue weighted by Gasteiger charge is -2.40. The van der Waals surface area contributed by atoms with Gasteiger partial charge in [0.25, 0.3) is 0 Å². The number of fused-ring (bicyclic) bond motifs is 1. The first-order valence-electron chi connectivity index (χ1n) is 19.7. The summed E-state index contributed by atoms with van der Waals surface area (Å²) in [5.41, 5.74) is 2.85. The van der Waals surface area contributed by atoms with Gasteiger partial charge < -0.3 is 24.9 Å². The largest absolute Gasteiger partial charge is 0.426 e. The van der Waals surface area contributed by atoms with Gasteiger partial charge in [-0.3, -0.25) is 19.2 Å². The number of thioether (sulfide) groups is 1. The van der Waals surface area contributed by atoms with Gasteiger partial charge >= 0.3 is 0 Å². The third-order valence-corrected chi connectivity index (χ3v) is 12.5. The van der Waals surface area contributed by atoms with Crippen molar-refractivity contribution in [2.24, 2.45) is 11.8 Å². The third-order valence-electron chi connectivity index (χ3n) is 11.2. The molecule has 12 heteroatoms. The van der Waals surface area contributed by atoms with Gasteiger partial charge in [0.1, 0.15) is 18.1 Å². The highest BCUT2D eigenvalue weighted by Crippen LogP contribution is 2.40. The van der Waals surface area contributed by atoms with Crippen LogP contribution in [0, 0.1) is 11.8 Å². The molecule has 4 amide bonds. The van der Waals surface area contributed by atoms with E-state index >= 15 is 0 Å². The quantitative estimate of drug-likeness (QED) is 0.163. The van der Waals surface area contributed by atoms with Crippen LogP contribution in [0.2, 0.25) is 0 Å². The van der Waals surface area contributed by atoms with E-state index in [0.29, 0.717) is 51.0 Å². The first kappa shape index (κ1) is 38.3. The number of para-hydroxylation sites is 1. The van der Waals surface area contributed by atoms with E-state index in [-0.39, 0.29) is 35.0 Å². The van der Waals surface area contributed by atoms with Gasteiger partial charge in [-0.1, -0.05) is 78.9 Å². The average molecular weight is 763 g/mol. The van der Waals surface area contributed by atoms with Crippen molar-refractivity contribution in [3.8, 4) is 0 Å². The highest BCUT2D eigenvalue weighted by atomic mass is 32.2. The zero-order chi connectivity index (χ0) is 38.0. The van der Waals surface area contributed by atoms with E-state index < -0.39 is 23.9 Å². The van der Waals surface area contributed by atoms with Crippen LogP contribution >= 0.6 is 11.8 Å². The number of aromatic nitrogens is 2.